The van der Waals surface area contributed by atoms with Crippen molar-refractivity contribution in [3.05, 3.63) is 70.8 Å². The predicted octanol–water partition coefficient (Wildman–Crippen LogP) is 2.38. The molecule has 320 valence electrons. The zero-order valence-electron chi connectivity index (χ0n) is 33.5. The molecule has 4 rings (SSSR count). The Kier molecular flexibility index (Phi) is 29.9. The number of hydrogen-bond donors (Lipinski definition) is 2. The summed E-state index contributed by atoms with van der Waals surface area (Å²) in [5, 5.41) is 17.3. The van der Waals surface area contributed by atoms with Crippen molar-refractivity contribution in [3.8, 4) is 0 Å². The van der Waals surface area contributed by atoms with Crippen LogP contribution in [0.4, 0.5) is 0 Å². The third-order valence-corrected chi connectivity index (χ3v) is 6.79. The van der Waals surface area contributed by atoms with Gasteiger partial charge in [0.15, 0.2) is 6.10 Å². The van der Waals surface area contributed by atoms with Gasteiger partial charge in [-0.25, -0.2) is 24.0 Å². The molecule has 2 saturated heterocycles. The number of aliphatic hydroxyl groups is 2. The van der Waals surface area contributed by atoms with E-state index in [1.165, 1.54) is 57.5 Å². The van der Waals surface area contributed by atoms with Gasteiger partial charge in [0.05, 0.1) is 82.0 Å². The molecule has 0 saturated carbocycles. The SMILES string of the molecule is CC(OC(=O)c1ccc(C(=O)OCCO)cc1)C(=O)OC1COCOC1.CCCOC(=O)c1ccc(C(=O)OC)cc1.COC(=O)C(C)C.OC1COCOC1.[O]=[Zn]. The number of carbonyl (C=O) groups excluding carboxylic acids is 6. The van der Waals surface area contributed by atoms with E-state index < -0.39 is 42.2 Å². The number of aliphatic hydroxyl groups excluding tert-OH is 2. The maximum absolute atomic E-state index is 12.1. The van der Waals surface area contributed by atoms with Gasteiger partial charge in [-0.2, -0.15) is 0 Å². The van der Waals surface area contributed by atoms with Crippen LogP contribution < -0.4 is 0 Å². The van der Waals surface area contributed by atoms with Gasteiger partial charge in [-0.15, -0.1) is 0 Å². The Morgan fingerprint density at radius 3 is 1.41 bits per heavy atom. The van der Waals surface area contributed by atoms with Crippen molar-refractivity contribution in [2.24, 2.45) is 5.92 Å². The topological polar surface area (TPSA) is 252 Å². The number of methoxy groups -OCH3 is 2. The fourth-order valence-corrected chi connectivity index (χ4v) is 3.88. The molecule has 58 heavy (non-hydrogen) atoms. The fraction of sp³-hybridized carbons (Fsp3) is 0.526. The molecule has 2 aliphatic rings. The van der Waals surface area contributed by atoms with Crippen molar-refractivity contribution < 1.29 is 108 Å². The Balaban J connectivity index is 0.000000854. The van der Waals surface area contributed by atoms with Crippen LogP contribution in [0.2, 0.25) is 0 Å². The normalized spacial score (nSPS) is 14.0. The number of hydrogen-bond acceptors (Lipinski definition) is 19. The van der Waals surface area contributed by atoms with E-state index in [2.05, 4.69) is 9.47 Å². The van der Waals surface area contributed by atoms with Crippen molar-refractivity contribution in [2.45, 2.75) is 52.4 Å². The first-order valence-corrected chi connectivity index (χ1v) is 19.0. The average Bonchev–Trinajstić information content (AvgIpc) is 3.26. The zero-order chi connectivity index (χ0) is 43.9. The van der Waals surface area contributed by atoms with Crippen LogP contribution in [0.5, 0.6) is 0 Å². The molecule has 2 heterocycles. The first kappa shape index (κ1) is 53.4. The maximum atomic E-state index is 12.1. The summed E-state index contributed by atoms with van der Waals surface area (Å²) in [6, 6.07) is 11.7. The molecule has 0 radical (unpaired) electrons. The first-order chi connectivity index (χ1) is 27.8. The van der Waals surface area contributed by atoms with Crippen LogP contribution in [0, 0.1) is 5.92 Å². The molecule has 0 amide bonds. The van der Waals surface area contributed by atoms with Crippen molar-refractivity contribution in [1.29, 1.82) is 0 Å². The fourth-order valence-electron chi connectivity index (χ4n) is 3.88. The van der Waals surface area contributed by atoms with Crippen LogP contribution in [0.15, 0.2) is 48.5 Å². The Morgan fingerprint density at radius 2 is 1.07 bits per heavy atom. The molecular formula is C38H52O19Zn. The molecule has 0 aromatic heterocycles. The summed E-state index contributed by atoms with van der Waals surface area (Å²) >= 11 is 0.125. The minimum absolute atomic E-state index is 0.00463. The van der Waals surface area contributed by atoms with Crippen molar-refractivity contribution in [1.82, 2.24) is 0 Å². The van der Waals surface area contributed by atoms with Crippen LogP contribution >= 0.6 is 0 Å². The Bertz CT molecular complexity index is 1490. The van der Waals surface area contributed by atoms with Crippen LogP contribution in [0.3, 0.4) is 0 Å². The molecule has 20 heteroatoms. The summed E-state index contributed by atoms with van der Waals surface area (Å²) in [6.07, 6.45) is -1.28. The molecule has 2 fully saturated rings. The van der Waals surface area contributed by atoms with Crippen LogP contribution in [-0.4, -0.2) is 138 Å². The van der Waals surface area contributed by atoms with Crippen molar-refractivity contribution >= 4 is 35.8 Å². The molecule has 1 atom stereocenters. The molecule has 2 N–H and O–H groups in total. The summed E-state index contributed by atoms with van der Waals surface area (Å²) in [4.78, 5) is 68.4. The number of benzene rings is 2. The van der Waals surface area contributed by atoms with Gasteiger partial charge in [-0.1, -0.05) is 20.8 Å². The quantitative estimate of drug-likeness (QED) is 0.176. The van der Waals surface area contributed by atoms with Gasteiger partial charge in [0, 0.05) is 0 Å². The summed E-state index contributed by atoms with van der Waals surface area (Å²) in [5.41, 5.74) is 1.23. The van der Waals surface area contributed by atoms with E-state index >= 15 is 0 Å². The van der Waals surface area contributed by atoms with E-state index in [4.69, 9.17) is 51.7 Å². The van der Waals surface area contributed by atoms with Gasteiger partial charge in [0.1, 0.15) is 32.4 Å². The molecule has 0 spiro atoms. The third-order valence-electron chi connectivity index (χ3n) is 6.79. The molecule has 19 nitrogen and oxygen atoms in total. The van der Waals surface area contributed by atoms with Gasteiger partial charge in [0.25, 0.3) is 0 Å². The Hall–Kier alpha value is -4.56. The minimum atomic E-state index is -1.11. The van der Waals surface area contributed by atoms with E-state index in [0.29, 0.717) is 37.7 Å². The number of ether oxygens (including phenoxy) is 10. The van der Waals surface area contributed by atoms with Crippen LogP contribution in [0.1, 0.15) is 75.5 Å². The van der Waals surface area contributed by atoms with Crippen LogP contribution in [-0.2, 0) is 78.8 Å². The second kappa shape index (κ2) is 32.4. The molecule has 2 aliphatic heterocycles. The summed E-state index contributed by atoms with van der Waals surface area (Å²) < 4.78 is 56.6. The second-order valence-electron chi connectivity index (χ2n) is 11.8. The summed E-state index contributed by atoms with van der Waals surface area (Å²) in [6.45, 7) is 8.69. The van der Waals surface area contributed by atoms with Crippen LogP contribution in [0.25, 0.3) is 0 Å². The number of rotatable bonds is 12. The zero-order valence-corrected chi connectivity index (χ0v) is 36.5. The van der Waals surface area contributed by atoms with Gasteiger partial charge in [-0.3, -0.25) is 4.79 Å². The van der Waals surface area contributed by atoms with E-state index in [-0.39, 0.29) is 80.5 Å². The molecule has 2 aromatic carbocycles. The van der Waals surface area contributed by atoms with Crippen molar-refractivity contribution in [3.63, 3.8) is 0 Å². The van der Waals surface area contributed by atoms with Gasteiger partial charge < -0.3 is 57.6 Å². The first-order valence-electron chi connectivity index (χ1n) is 17.8. The van der Waals surface area contributed by atoms with Gasteiger partial charge in [0.2, 0.25) is 0 Å². The summed E-state index contributed by atoms with van der Waals surface area (Å²) in [7, 11) is 2.70. The molecule has 0 aliphatic carbocycles. The molecule has 0 bridgehead atoms. The second-order valence-corrected chi connectivity index (χ2v) is 11.8. The van der Waals surface area contributed by atoms with E-state index in [0.717, 1.165) is 6.42 Å². The Morgan fingerprint density at radius 1 is 0.655 bits per heavy atom. The van der Waals surface area contributed by atoms with E-state index in [1.54, 1.807) is 26.0 Å². The molecule has 1 unspecified atom stereocenters. The third kappa shape index (κ3) is 23.0. The van der Waals surface area contributed by atoms with E-state index in [1.807, 2.05) is 6.92 Å². The number of esters is 6. The monoisotopic (exact) mass is 876 g/mol. The van der Waals surface area contributed by atoms with E-state index in [9.17, 15) is 28.8 Å². The summed E-state index contributed by atoms with van der Waals surface area (Å²) in [5.74, 6) is -3.01. The average molecular weight is 878 g/mol. The van der Waals surface area contributed by atoms with Crippen molar-refractivity contribution in [2.75, 3.05) is 74.1 Å². The standard InChI is InChI=1S/C17H20O9.C12H14O4.C5H10O2.C4H8O3.O.Zn/c1-11(15(19)26-14-8-22-10-23-9-14)25-17(21)13-4-2-12(3-5-13)16(20)24-7-6-18;1-3-8-16-12(14)10-6-4-9(5-7-10)11(13)15-2;1-4(2)5(6)7-3;5-4-1-6-3-7-2-4;;/h2-5,11,14,18H,6-10H2,1H3;4-7H,3,8H2,1-2H3;4H,1-3H3;4-5H,1-3H2;;. The molecular weight excluding hydrogens is 826 g/mol. The van der Waals surface area contributed by atoms with Gasteiger partial charge >= 0.3 is 57.6 Å². The molecule has 2 aromatic rings. The number of carbonyl (C=O) groups is 6. The van der Waals surface area contributed by atoms with Gasteiger partial charge in [-0.05, 0) is 61.9 Å². The predicted molar refractivity (Wildman–Crippen MR) is 194 cm³/mol. The Labute approximate surface area is 346 Å².